The molecule has 0 amide bonds. The van der Waals surface area contributed by atoms with Crippen LogP contribution in [0.15, 0.2) is 0 Å². The molecule has 0 aliphatic heterocycles. The van der Waals surface area contributed by atoms with E-state index in [1.807, 2.05) is 78.1 Å². The van der Waals surface area contributed by atoms with Gasteiger partial charge in [-0.05, 0) is 78.1 Å². The minimum Gasteiger partial charge on any atom is -0.741 e. The molecule has 2 saturated carbocycles. The zero-order valence-corrected chi connectivity index (χ0v) is 18.6. The first kappa shape index (κ1) is 32.7. The largest absolute Gasteiger partial charge is 4.00 e. The maximum Gasteiger partial charge on any atom is 4.00 e. The molecule has 0 atom stereocenters. The number of rotatable bonds is 4. The molecule has 2 fully saturated rings. The minimum atomic E-state index is -6.09. The number of hydrogen-bond donors (Lipinski definition) is 0. The van der Waals surface area contributed by atoms with Gasteiger partial charge in [-0.25, -0.2) is 8.42 Å². The summed E-state index contributed by atoms with van der Waals surface area (Å²) < 4.78 is 68.7. The van der Waals surface area contributed by atoms with E-state index in [0.717, 1.165) is 0 Å². The topological polar surface area (TPSA) is 75.7 Å². The van der Waals surface area contributed by atoms with Gasteiger partial charge in [0.1, 0.15) is 0 Å². The summed E-state index contributed by atoms with van der Waals surface area (Å²) in [5.74, 6) is 2.11. The summed E-state index contributed by atoms with van der Waals surface area (Å²) in [6, 6.07) is 0. The summed E-state index contributed by atoms with van der Waals surface area (Å²) in [4.78, 5) is 0. The van der Waals surface area contributed by atoms with E-state index >= 15 is 0 Å². The standard InChI is InChI=1S/C7H11O2.2C5H5.CHF3O3S.Zr/c1-4-7(8-5-2)9-6-3;2*1-2-4-5-3-1;2-1(3,4)8(5,6)7;/h7H,5-6H2,2-3H3;2*1-5H;(H,5,6,7);/q-1;;;;+4/p-1. The van der Waals surface area contributed by atoms with Gasteiger partial charge in [-0.2, -0.15) is 13.2 Å². The van der Waals surface area contributed by atoms with E-state index in [9.17, 15) is 13.2 Å². The van der Waals surface area contributed by atoms with E-state index in [2.05, 4.69) is 5.92 Å². The number of halogens is 3. The van der Waals surface area contributed by atoms with Crippen molar-refractivity contribution in [3.05, 3.63) is 70.6 Å². The third-order valence-electron chi connectivity index (χ3n) is 2.15. The van der Waals surface area contributed by atoms with Crippen molar-refractivity contribution in [3.63, 3.8) is 0 Å². The Morgan fingerprint density at radius 1 is 0.893 bits per heavy atom. The van der Waals surface area contributed by atoms with E-state index < -0.39 is 21.9 Å². The molecule has 28 heavy (non-hydrogen) atoms. The van der Waals surface area contributed by atoms with Gasteiger partial charge in [0.2, 0.25) is 0 Å². The summed E-state index contributed by atoms with van der Waals surface area (Å²) in [5.41, 5.74) is -5.65. The molecule has 0 N–H and O–H groups in total. The van der Waals surface area contributed by atoms with Crippen molar-refractivity contribution in [1.29, 1.82) is 0 Å². The Balaban J connectivity index is -0.000000301. The Kier molecular flexibility index (Phi) is 23.8. The maximum absolute atomic E-state index is 10.7. The molecule has 0 heterocycles. The van der Waals surface area contributed by atoms with Gasteiger partial charge in [0.15, 0.2) is 16.4 Å². The second kappa shape index (κ2) is 20.3. The van der Waals surface area contributed by atoms with Crippen molar-refractivity contribution in [3.8, 4) is 5.92 Å². The molecule has 152 valence electrons. The summed E-state index contributed by atoms with van der Waals surface area (Å²) in [6.45, 7) is 4.81. The quantitative estimate of drug-likeness (QED) is 0.196. The second-order valence-corrected chi connectivity index (χ2v) is 5.58. The SMILES string of the molecule is O=S(=O)([O-])C(F)(F)F.[C-]#CC(OCC)OCC.[CH]1[CH][CH][CH][CH]1.[CH]1[CH][CH][CH][CH]1.[Zr+4]. The molecule has 10 radical (unpaired) electrons. The molecule has 0 saturated heterocycles. The molecule has 0 aromatic heterocycles. The molecule has 0 bridgehead atoms. The van der Waals surface area contributed by atoms with Crippen LogP contribution in [0, 0.1) is 76.6 Å². The van der Waals surface area contributed by atoms with Crippen LogP contribution < -0.4 is 0 Å². The molecule has 0 unspecified atom stereocenters. The number of hydrogen-bond acceptors (Lipinski definition) is 5. The zero-order valence-electron chi connectivity index (χ0n) is 15.3. The van der Waals surface area contributed by atoms with Gasteiger partial charge in [-0.3, -0.25) is 5.92 Å². The molecular formula is C18H21F3O5SZr+2. The summed E-state index contributed by atoms with van der Waals surface area (Å²) >= 11 is 0. The van der Waals surface area contributed by atoms with Crippen LogP contribution in [0.1, 0.15) is 13.8 Å². The van der Waals surface area contributed by atoms with Gasteiger partial charge >= 0.3 is 31.7 Å². The Labute approximate surface area is 187 Å². The van der Waals surface area contributed by atoms with Crippen molar-refractivity contribution < 1.29 is 61.8 Å². The number of alkyl halides is 3. The van der Waals surface area contributed by atoms with Crippen LogP contribution in [0.2, 0.25) is 0 Å². The third-order valence-corrected chi connectivity index (χ3v) is 2.72. The fourth-order valence-electron chi connectivity index (χ4n) is 1.08. The van der Waals surface area contributed by atoms with Gasteiger partial charge in [-0.1, -0.05) is 0 Å². The summed E-state index contributed by atoms with van der Waals surface area (Å²) in [7, 11) is -6.09. The van der Waals surface area contributed by atoms with Crippen molar-refractivity contribution in [1.82, 2.24) is 0 Å². The second-order valence-electron chi connectivity index (χ2n) is 4.21. The normalized spacial score (nSPS) is 15.6. The fraction of sp³-hybridized carbons (Fsp3) is 0.333. The van der Waals surface area contributed by atoms with E-state index in [1.54, 1.807) is 0 Å². The van der Waals surface area contributed by atoms with E-state index in [0.29, 0.717) is 13.2 Å². The van der Waals surface area contributed by atoms with Gasteiger partial charge in [0.25, 0.3) is 0 Å². The Morgan fingerprint density at radius 2 is 1.11 bits per heavy atom. The van der Waals surface area contributed by atoms with Crippen LogP contribution in [0.4, 0.5) is 13.2 Å². The molecule has 0 aromatic rings. The Hall–Kier alpha value is 0.0631. The first-order chi connectivity index (χ1) is 12.6. The zero-order chi connectivity index (χ0) is 21.2. The maximum atomic E-state index is 10.7. The van der Waals surface area contributed by atoms with Gasteiger partial charge < -0.3 is 20.4 Å². The third kappa shape index (κ3) is 22.4. The predicted octanol–water partition coefficient (Wildman–Crippen LogP) is 3.07. The molecule has 2 aliphatic rings. The summed E-state index contributed by atoms with van der Waals surface area (Å²) in [5, 5.41) is 0. The molecule has 0 spiro atoms. The molecule has 0 aromatic carbocycles. The molecule has 5 nitrogen and oxygen atoms in total. The minimum absolute atomic E-state index is 0. The van der Waals surface area contributed by atoms with Gasteiger partial charge in [0, 0.05) is 13.2 Å². The van der Waals surface area contributed by atoms with Crippen LogP contribution in [0.25, 0.3) is 0 Å². The molecular weight excluding hydrogens is 476 g/mol. The van der Waals surface area contributed by atoms with Crippen molar-refractivity contribution in [2.75, 3.05) is 13.2 Å². The first-order valence-corrected chi connectivity index (χ1v) is 9.01. The molecule has 2 aliphatic carbocycles. The van der Waals surface area contributed by atoms with Crippen LogP contribution in [-0.4, -0.2) is 38.0 Å². The average molecular weight is 498 g/mol. The van der Waals surface area contributed by atoms with E-state index in [-0.39, 0.29) is 26.2 Å². The van der Waals surface area contributed by atoms with Crippen molar-refractivity contribution in [2.24, 2.45) is 0 Å². The van der Waals surface area contributed by atoms with Crippen molar-refractivity contribution >= 4 is 10.1 Å². The monoisotopic (exact) mass is 496 g/mol. The molecule has 2 rings (SSSR count). The van der Waals surface area contributed by atoms with Crippen LogP contribution >= 0.6 is 0 Å². The Morgan fingerprint density at radius 3 is 1.21 bits per heavy atom. The van der Waals surface area contributed by atoms with E-state index in [4.69, 9.17) is 28.9 Å². The first-order valence-electron chi connectivity index (χ1n) is 7.61. The van der Waals surface area contributed by atoms with Crippen molar-refractivity contribution in [2.45, 2.75) is 25.6 Å². The summed E-state index contributed by atoms with van der Waals surface area (Å²) in [6.07, 6.45) is 26.1. The van der Waals surface area contributed by atoms with Gasteiger partial charge in [0.05, 0.1) is 0 Å². The Bertz CT molecular complexity index is 439. The fourth-order valence-corrected chi connectivity index (χ4v) is 1.08. The van der Waals surface area contributed by atoms with E-state index in [1.165, 1.54) is 0 Å². The van der Waals surface area contributed by atoms with Gasteiger partial charge in [-0.15, -0.1) is 0 Å². The van der Waals surface area contributed by atoms with Crippen LogP contribution in [-0.2, 0) is 45.8 Å². The number of ether oxygens (including phenoxy) is 2. The molecule has 10 heteroatoms. The van der Waals surface area contributed by atoms with Crippen LogP contribution in [0.3, 0.4) is 0 Å². The smallest absolute Gasteiger partial charge is 0.741 e. The average Bonchev–Trinajstić information content (AvgIpc) is 3.31. The predicted molar refractivity (Wildman–Crippen MR) is 92.9 cm³/mol. The van der Waals surface area contributed by atoms with Crippen LogP contribution in [0.5, 0.6) is 0 Å².